The van der Waals surface area contributed by atoms with Crippen LogP contribution in [0.4, 0.5) is 0 Å². The molecule has 0 aromatic heterocycles. The molecular formula is C8H10Br3OPS2Si. The SMILES string of the molecule is [SiH3]CCS[PH](=S)Oc1c(Br)cc(Br)cc1Br. The van der Waals surface area contributed by atoms with Gasteiger partial charge in [-0.2, -0.15) is 0 Å². The van der Waals surface area contributed by atoms with Crippen LogP contribution < -0.4 is 4.52 Å². The summed E-state index contributed by atoms with van der Waals surface area (Å²) < 4.78 is 8.66. The lowest BCUT2D eigenvalue weighted by Gasteiger charge is -2.11. The first-order valence-electron chi connectivity index (χ1n) is 4.53. The van der Waals surface area contributed by atoms with Crippen molar-refractivity contribution in [2.24, 2.45) is 0 Å². The molecule has 1 nitrogen and oxygen atoms in total. The molecule has 0 bridgehead atoms. The minimum Gasteiger partial charge on any atom is -0.457 e. The third-order valence-electron chi connectivity index (χ3n) is 1.57. The Balaban J connectivity index is 2.77. The van der Waals surface area contributed by atoms with Crippen molar-refractivity contribution in [3.63, 3.8) is 0 Å². The van der Waals surface area contributed by atoms with Crippen LogP contribution in [-0.2, 0) is 11.8 Å². The van der Waals surface area contributed by atoms with Gasteiger partial charge in [0, 0.05) is 14.7 Å². The topological polar surface area (TPSA) is 9.23 Å². The Morgan fingerprint density at radius 2 is 1.88 bits per heavy atom. The third-order valence-corrected chi connectivity index (χ3v) is 8.53. The summed E-state index contributed by atoms with van der Waals surface area (Å²) in [5, 5.41) is 0. The van der Waals surface area contributed by atoms with E-state index in [9.17, 15) is 0 Å². The molecule has 8 heteroatoms. The lowest BCUT2D eigenvalue weighted by Crippen LogP contribution is -1.84. The quantitative estimate of drug-likeness (QED) is 0.453. The lowest BCUT2D eigenvalue weighted by atomic mass is 10.3. The maximum Gasteiger partial charge on any atom is 0.156 e. The Bertz CT molecular complexity index is 382. The molecule has 0 radical (unpaired) electrons. The summed E-state index contributed by atoms with van der Waals surface area (Å²) in [6.45, 7) is 0. The van der Waals surface area contributed by atoms with Gasteiger partial charge in [0.25, 0.3) is 0 Å². The molecule has 0 amide bonds. The van der Waals surface area contributed by atoms with E-state index in [4.69, 9.17) is 16.3 Å². The summed E-state index contributed by atoms with van der Waals surface area (Å²) in [6.07, 6.45) is -1.21. The number of halogens is 3. The molecule has 0 aliphatic carbocycles. The molecule has 0 saturated heterocycles. The standard InChI is InChI=1S/C8H10Br3OPS2Si/c9-5-3-6(10)8(7(11)4-5)12-13(14)15-1-2-16/h3-4,13H,1-2H2,16H3. The highest BCUT2D eigenvalue weighted by atomic mass is 79.9. The molecule has 0 aliphatic rings. The molecule has 1 aromatic rings. The van der Waals surface area contributed by atoms with E-state index in [-0.39, 0.29) is 0 Å². The van der Waals surface area contributed by atoms with Gasteiger partial charge in [0.05, 0.1) is 8.95 Å². The second-order valence-corrected chi connectivity index (χ2v) is 11.8. The van der Waals surface area contributed by atoms with Gasteiger partial charge in [0.2, 0.25) is 0 Å². The van der Waals surface area contributed by atoms with Gasteiger partial charge in [-0.15, -0.1) is 0 Å². The predicted molar refractivity (Wildman–Crippen MR) is 93.1 cm³/mol. The van der Waals surface area contributed by atoms with E-state index in [0.717, 1.165) is 24.9 Å². The molecule has 1 unspecified atom stereocenters. The van der Waals surface area contributed by atoms with Crippen LogP contribution in [0.3, 0.4) is 0 Å². The molecule has 1 atom stereocenters. The maximum atomic E-state index is 5.81. The number of hydrogen-bond donors (Lipinski definition) is 0. The van der Waals surface area contributed by atoms with Crippen molar-refractivity contribution in [2.75, 3.05) is 5.75 Å². The van der Waals surface area contributed by atoms with E-state index in [1.807, 2.05) is 12.1 Å². The second-order valence-electron chi connectivity index (χ2n) is 2.90. The molecule has 0 fully saturated rings. The van der Waals surface area contributed by atoms with Crippen LogP contribution in [0.2, 0.25) is 6.04 Å². The smallest absolute Gasteiger partial charge is 0.156 e. The van der Waals surface area contributed by atoms with E-state index < -0.39 is 6.13 Å². The maximum absolute atomic E-state index is 5.81. The lowest BCUT2D eigenvalue weighted by molar-refractivity contribution is 0.632. The van der Waals surface area contributed by atoms with Gasteiger partial charge < -0.3 is 4.52 Å². The monoisotopic (exact) mass is 482 g/mol. The van der Waals surface area contributed by atoms with Crippen LogP contribution >= 0.6 is 65.3 Å². The number of hydrogen-bond acceptors (Lipinski definition) is 3. The first-order chi connectivity index (χ1) is 7.54. The largest absolute Gasteiger partial charge is 0.457 e. The zero-order chi connectivity index (χ0) is 12.1. The van der Waals surface area contributed by atoms with Gasteiger partial charge in [-0.1, -0.05) is 33.4 Å². The molecule has 0 N–H and O–H groups in total. The number of benzene rings is 1. The van der Waals surface area contributed by atoms with E-state index in [0.29, 0.717) is 0 Å². The Kier molecular flexibility index (Phi) is 7.84. The van der Waals surface area contributed by atoms with Crippen molar-refractivity contribution in [3.05, 3.63) is 25.6 Å². The molecule has 0 aliphatic heterocycles. The van der Waals surface area contributed by atoms with Crippen LogP contribution in [0.25, 0.3) is 0 Å². The molecule has 0 saturated carbocycles. The summed E-state index contributed by atoms with van der Waals surface area (Å²) in [5.41, 5.74) is 0. The summed E-state index contributed by atoms with van der Waals surface area (Å²) in [5.74, 6) is 1.93. The third kappa shape index (κ3) is 5.12. The molecular weight excluding hydrogens is 475 g/mol. The molecule has 0 spiro atoms. The minimum atomic E-state index is -1.21. The summed E-state index contributed by atoms with van der Waals surface area (Å²) in [4.78, 5) is 0. The predicted octanol–water partition coefficient (Wildman–Crippen LogP) is 4.38. The zero-order valence-electron chi connectivity index (χ0n) is 8.43. The van der Waals surface area contributed by atoms with Crippen LogP contribution in [-0.4, -0.2) is 16.0 Å². The van der Waals surface area contributed by atoms with Gasteiger partial charge in [-0.05, 0) is 61.6 Å². The highest BCUT2D eigenvalue weighted by Crippen LogP contribution is 2.46. The van der Waals surface area contributed by atoms with Gasteiger partial charge in [-0.3, -0.25) is 0 Å². The first kappa shape index (κ1) is 15.7. The van der Waals surface area contributed by atoms with Gasteiger partial charge in [0.15, 0.2) is 11.9 Å². The van der Waals surface area contributed by atoms with Gasteiger partial charge in [-0.25, -0.2) is 0 Å². The van der Waals surface area contributed by atoms with E-state index in [1.54, 1.807) is 11.4 Å². The fourth-order valence-electron chi connectivity index (χ4n) is 0.925. The van der Waals surface area contributed by atoms with Crippen molar-refractivity contribution < 1.29 is 4.52 Å². The fourth-order valence-corrected chi connectivity index (χ4v) is 8.84. The Morgan fingerprint density at radius 1 is 1.31 bits per heavy atom. The van der Waals surface area contributed by atoms with Crippen LogP contribution in [0.15, 0.2) is 25.6 Å². The van der Waals surface area contributed by atoms with Gasteiger partial charge >= 0.3 is 0 Å². The highest BCUT2D eigenvalue weighted by Gasteiger charge is 2.09. The number of rotatable bonds is 5. The zero-order valence-corrected chi connectivity index (χ0v) is 17.8. The normalized spacial score (nSPS) is 12.7. The van der Waals surface area contributed by atoms with Crippen molar-refractivity contribution in [1.29, 1.82) is 0 Å². The van der Waals surface area contributed by atoms with E-state index in [2.05, 4.69) is 47.8 Å². The second kappa shape index (κ2) is 7.97. The molecule has 1 rings (SSSR count). The molecule has 0 heterocycles. The average molecular weight is 485 g/mol. The van der Waals surface area contributed by atoms with Crippen molar-refractivity contribution >= 4 is 87.3 Å². The highest BCUT2D eigenvalue weighted by molar-refractivity contribution is 9.11. The van der Waals surface area contributed by atoms with Crippen molar-refractivity contribution in [3.8, 4) is 5.75 Å². The van der Waals surface area contributed by atoms with E-state index >= 15 is 0 Å². The Labute approximate surface area is 134 Å². The van der Waals surface area contributed by atoms with Crippen LogP contribution in [0.1, 0.15) is 0 Å². The van der Waals surface area contributed by atoms with Crippen LogP contribution in [0.5, 0.6) is 5.75 Å². The van der Waals surface area contributed by atoms with E-state index in [1.165, 1.54) is 16.3 Å². The van der Waals surface area contributed by atoms with Crippen LogP contribution in [0, 0.1) is 0 Å². The van der Waals surface area contributed by atoms with Crippen molar-refractivity contribution in [2.45, 2.75) is 6.04 Å². The summed E-state index contributed by atoms with van der Waals surface area (Å²) in [7, 11) is 1.23. The van der Waals surface area contributed by atoms with Gasteiger partial charge in [0.1, 0.15) is 0 Å². The Morgan fingerprint density at radius 3 is 2.38 bits per heavy atom. The van der Waals surface area contributed by atoms with Crippen molar-refractivity contribution in [1.82, 2.24) is 0 Å². The fraction of sp³-hybridized carbons (Fsp3) is 0.250. The minimum absolute atomic E-state index is 0.813. The first-order valence-corrected chi connectivity index (χ1v) is 12.6. The Hall–Kier alpha value is 1.68. The molecule has 16 heavy (non-hydrogen) atoms. The molecule has 90 valence electrons. The summed E-state index contributed by atoms with van der Waals surface area (Å²) >= 11 is 17.5. The molecule has 1 aromatic carbocycles. The summed E-state index contributed by atoms with van der Waals surface area (Å²) in [6, 6.07) is 5.19. The average Bonchev–Trinajstić information content (AvgIpc) is 2.20.